The lowest BCUT2D eigenvalue weighted by atomic mass is 9.85. The fraction of sp³-hybridized carbons (Fsp3) is 0.514. The summed E-state index contributed by atoms with van der Waals surface area (Å²) in [6.45, 7) is 12.1. The molecule has 11 heteroatoms. The van der Waals surface area contributed by atoms with Crippen LogP contribution in [0, 0.1) is 5.41 Å². The molecule has 250 valence electrons. The van der Waals surface area contributed by atoms with Crippen molar-refractivity contribution in [2.75, 3.05) is 7.05 Å². The number of hydrogen-bond donors (Lipinski definition) is 4. The third kappa shape index (κ3) is 9.79. The van der Waals surface area contributed by atoms with Gasteiger partial charge in [0.15, 0.2) is 0 Å². The van der Waals surface area contributed by atoms with Crippen LogP contribution in [0.5, 0.6) is 0 Å². The molecule has 0 radical (unpaired) electrons. The van der Waals surface area contributed by atoms with Crippen molar-refractivity contribution < 1.29 is 33.8 Å². The third-order valence-corrected chi connectivity index (χ3v) is 8.02. The molecule has 0 aliphatic heterocycles. The fourth-order valence-corrected chi connectivity index (χ4v) is 5.27. The predicted octanol–water partition coefficient (Wildman–Crippen LogP) is 4.39. The standard InChI is InChI=1S/C35H48N4O7/c1-21(39(8)33(45)46-35(5,6)7)29(40)38-28(34(2,3)4)31(42)37-27(20-22-16-18-24(19-17-22)32(43)44)30(41)36-26-15-11-13-23-12-9-10-14-25(23)26/h9-10,12,14,16-19,21,26-28H,11,13,15,20H2,1-8H3,(H,36,41)(H,37,42)(H,38,40)(H,43,44)/t21-,26+,27-,28+/m0/s1. The van der Waals surface area contributed by atoms with Gasteiger partial charge in [-0.2, -0.15) is 0 Å². The second-order valence-corrected chi connectivity index (χ2v) is 14.0. The van der Waals surface area contributed by atoms with Crippen molar-refractivity contribution in [2.45, 2.75) is 104 Å². The number of carboxylic acid groups (broad SMARTS) is 1. The molecule has 4 amide bonds. The summed E-state index contributed by atoms with van der Waals surface area (Å²) < 4.78 is 5.38. The molecule has 0 unspecified atom stereocenters. The number of amides is 4. The van der Waals surface area contributed by atoms with E-state index in [1.54, 1.807) is 53.7 Å². The first-order valence-corrected chi connectivity index (χ1v) is 15.6. The SMILES string of the molecule is C[C@@H](C(=O)N[C@H](C(=O)N[C@@H](Cc1ccc(C(=O)O)cc1)C(=O)N[C@@H]1CCCc2ccccc21)C(C)(C)C)N(C)C(=O)OC(C)(C)C. The van der Waals surface area contributed by atoms with Crippen molar-refractivity contribution in [3.63, 3.8) is 0 Å². The van der Waals surface area contributed by atoms with E-state index in [1.165, 1.54) is 31.7 Å². The molecule has 4 atom stereocenters. The van der Waals surface area contributed by atoms with E-state index in [9.17, 15) is 29.1 Å². The number of hydrogen-bond acceptors (Lipinski definition) is 6. The Morgan fingerprint density at radius 2 is 1.54 bits per heavy atom. The minimum Gasteiger partial charge on any atom is -0.478 e. The van der Waals surface area contributed by atoms with Crippen LogP contribution in [0.15, 0.2) is 48.5 Å². The highest BCUT2D eigenvalue weighted by molar-refractivity contribution is 5.94. The largest absolute Gasteiger partial charge is 0.478 e. The van der Waals surface area contributed by atoms with Crippen molar-refractivity contribution in [1.29, 1.82) is 0 Å². The van der Waals surface area contributed by atoms with Gasteiger partial charge in [0.2, 0.25) is 17.7 Å². The number of aromatic carboxylic acids is 1. The molecule has 1 aliphatic carbocycles. The topological polar surface area (TPSA) is 154 Å². The predicted molar refractivity (Wildman–Crippen MR) is 174 cm³/mol. The number of likely N-dealkylation sites (N-methyl/N-ethyl adjacent to an activating group) is 1. The number of benzene rings is 2. The average Bonchev–Trinajstić information content (AvgIpc) is 2.97. The van der Waals surface area contributed by atoms with Gasteiger partial charge in [0.25, 0.3) is 0 Å². The van der Waals surface area contributed by atoms with Gasteiger partial charge in [0.1, 0.15) is 23.7 Å². The van der Waals surface area contributed by atoms with Crippen LogP contribution >= 0.6 is 0 Å². The number of carbonyl (C=O) groups is 5. The molecule has 3 rings (SSSR count). The van der Waals surface area contributed by atoms with Gasteiger partial charge < -0.3 is 25.8 Å². The zero-order chi connectivity index (χ0) is 34.4. The van der Waals surface area contributed by atoms with Gasteiger partial charge in [-0.1, -0.05) is 57.2 Å². The van der Waals surface area contributed by atoms with Gasteiger partial charge in [-0.15, -0.1) is 0 Å². The number of nitrogens with one attached hydrogen (secondary N) is 3. The molecule has 0 spiro atoms. The Kier molecular flexibility index (Phi) is 11.6. The minimum absolute atomic E-state index is 0.0917. The van der Waals surface area contributed by atoms with E-state index in [1.807, 2.05) is 18.2 Å². The molecule has 0 bridgehead atoms. The summed E-state index contributed by atoms with van der Waals surface area (Å²) in [6.07, 6.45) is 1.99. The van der Waals surface area contributed by atoms with Crippen molar-refractivity contribution in [3.05, 3.63) is 70.8 Å². The Morgan fingerprint density at radius 3 is 2.13 bits per heavy atom. The number of carboxylic acids is 1. The molecule has 4 N–H and O–H groups in total. The summed E-state index contributed by atoms with van der Waals surface area (Å²) in [4.78, 5) is 66.2. The van der Waals surface area contributed by atoms with E-state index in [0.29, 0.717) is 5.56 Å². The number of aryl methyl sites for hydroxylation is 1. The Balaban J connectivity index is 1.84. The van der Waals surface area contributed by atoms with E-state index in [-0.39, 0.29) is 18.0 Å². The molecule has 0 saturated carbocycles. The first-order chi connectivity index (χ1) is 21.4. The summed E-state index contributed by atoms with van der Waals surface area (Å²) in [5.41, 5.74) is 1.45. The second kappa shape index (κ2) is 14.8. The molecular formula is C35H48N4O7. The lowest BCUT2D eigenvalue weighted by Gasteiger charge is -2.34. The van der Waals surface area contributed by atoms with E-state index in [4.69, 9.17) is 4.74 Å². The molecule has 0 saturated heterocycles. The van der Waals surface area contributed by atoms with E-state index in [0.717, 1.165) is 29.7 Å². The highest BCUT2D eigenvalue weighted by Crippen LogP contribution is 2.29. The van der Waals surface area contributed by atoms with Gasteiger partial charge in [-0.3, -0.25) is 19.3 Å². The maximum atomic E-state index is 13.9. The van der Waals surface area contributed by atoms with Crippen LogP contribution in [-0.2, 0) is 32.0 Å². The summed E-state index contributed by atoms with van der Waals surface area (Å²) in [5.74, 6) is -2.60. The van der Waals surface area contributed by atoms with E-state index in [2.05, 4.69) is 22.0 Å². The molecule has 46 heavy (non-hydrogen) atoms. The third-order valence-electron chi connectivity index (χ3n) is 8.02. The monoisotopic (exact) mass is 636 g/mol. The van der Waals surface area contributed by atoms with Crippen LogP contribution in [-0.4, -0.2) is 70.6 Å². The van der Waals surface area contributed by atoms with Gasteiger partial charge in [0.05, 0.1) is 11.6 Å². The second-order valence-electron chi connectivity index (χ2n) is 14.0. The summed E-state index contributed by atoms with van der Waals surface area (Å²) in [6, 6.07) is 10.8. The Hall–Kier alpha value is -4.41. The van der Waals surface area contributed by atoms with Crippen molar-refractivity contribution in [2.24, 2.45) is 5.41 Å². The minimum atomic E-state index is -1.07. The normalized spacial score (nSPS) is 16.6. The van der Waals surface area contributed by atoms with E-state index < -0.39 is 58.9 Å². The maximum Gasteiger partial charge on any atom is 0.410 e. The first-order valence-electron chi connectivity index (χ1n) is 15.6. The van der Waals surface area contributed by atoms with Crippen molar-refractivity contribution in [1.82, 2.24) is 20.9 Å². The van der Waals surface area contributed by atoms with Crippen molar-refractivity contribution in [3.8, 4) is 0 Å². The molecule has 0 fully saturated rings. The van der Waals surface area contributed by atoms with Crippen molar-refractivity contribution >= 4 is 29.8 Å². The summed E-state index contributed by atoms with van der Waals surface area (Å²) >= 11 is 0. The van der Waals surface area contributed by atoms with Gasteiger partial charge in [-0.05, 0) is 81.2 Å². The smallest absolute Gasteiger partial charge is 0.410 e. The molecule has 0 heterocycles. The maximum absolute atomic E-state index is 13.9. The molecule has 2 aromatic rings. The van der Waals surface area contributed by atoms with Crippen LogP contribution in [0.3, 0.4) is 0 Å². The number of rotatable bonds is 10. The van der Waals surface area contributed by atoms with E-state index >= 15 is 0 Å². The zero-order valence-corrected chi connectivity index (χ0v) is 28.1. The first kappa shape index (κ1) is 36.1. The van der Waals surface area contributed by atoms with Crippen LogP contribution in [0.4, 0.5) is 4.79 Å². The molecule has 2 aromatic carbocycles. The van der Waals surface area contributed by atoms with Gasteiger partial charge in [0, 0.05) is 13.5 Å². The summed E-state index contributed by atoms with van der Waals surface area (Å²) in [5, 5.41) is 18.1. The number of ether oxygens (including phenoxy) is 1. The molecule has 0 aromatic heterocycles. The lowest BCUT2D eigenvalue weighted by molar-refractivity contribution is -0.135. The highest BCUT2D eigenvalue weighted by atomic mass is 16.6. The van der Waals surface area contributed by atoms with Crippen LogP contribution < -0.4 is 16.0 Å². The summed E-state index contributed by atoms with van der Waals surface area (Å²) in [7, 11) is 1.45. The Morgan fingerprint density at radius 1 is 0.913 bits per heavy atom. The molecule has 11 nitrogen and oxygen atoms in total. The van der Waals surface area contributed by atoms with Crippen LogP contribution in [0.1, 0.15) is 94.4 Å². The average molecular weight is 637 g/mol. The number of nitrogens with zero attached hydrogens (tertiary/aromatic N) is 1. The van der Waals surface area contributed by atoms with Crippen LogP contribution in [0.25, 0.3) is 0 Å². The highest BCUT2D eigenvalue weighted by Gasteiger charge is 2.38. The van der Waals surface area contributed by atoms with Crippen LogP contribution in [0.2, 0.25) is 0 Å². The number of carbonyl (C=O) groups excluding carboxylic acids is 4. The number of fused-ring (bicyclic) bond motifs is 1. The van der Waals surface area contributed by atoms with Gasteiger partial charge in [-0.25, -0.2) is 9.59 Å². The zero-order valence-electron chi connectivity index (χ0n) is 28.1. The Bertz CT molecular complexity index is 1430. The quantitative estimate of drug-likeness (QED) is 0.302. The molecule has 1 aliphatic rings. The molecular weight excluding hydrogens is 588 g/mol. The fourth-order valence-electron chi connectivity index (χ4n) is 5.27. The lowest BCUT2D eigenvalue weighted by Crippen LogP contribution is -2.60. The Labute approximate surface area is 271 Å². The van der Waals surface area contributed by atoms with Gasteiger partial charge >= 0.3 is 12.1 Å².